The Morgan fingerprint density at radius 2 is 2.10 bits per heavy atom. The van der Waals surface area contributed by atoms with Crippen molar-refractivity contribution in [3.8, 4) is 0 Å². The summed E-state index contributed by atoms with van der Waals surface area (Å²) in [5.41, 5.74) is 0.538. The average Bonchev–Trinajstić information content (AvgIpc) is 2.89. The normalized spacial score (nSPS) is 21.0. The maximum atomic E-state index is 11.8. The second-order valence-corrected chi connectivity index (χ2v) is 6.66. The van der Waals surface area contributed by atoms with Crippen LogP contribution in [0.4, 0.5) is 5.82 Å². The monoisotopic (exact) mass is 293 g/mol. The topological polar surface area (TPSA) is 84.1 Å². The number of aromatic amines is 1. The number of aromatic nitrogens is 2. The van der Waals surface area contributed by atoms with E-state index in [4.69, 9.17) is 4.74 Å². The Morgan fingerprint density at radius 3 is 2.67 bits per heavy atom. The van der Waals surface area contributed by atoms with E-state index >= 15 is 0 Å². The van der Waals surface area contributed by atoms with Gasteiger partial charge in [0.05, 0.1) is 6.42 Å². The Hall–Kier alpha value is -1.85. The van der Waals surface area contributed by atoms with Crippen LogP contribution in [0.3, 0.4) is 0 Å². The van der Waals surface area contributed by atoms with E-state index in [0.29, 0.717) is 17.7 Å². The molecule has 1 aliphatic carbocycles. The average molecular weight is 293 g/mol. The molecule has 1 aromatic rings. The van der Waals surface area contributed by atoms with Crippen molar-refractivity contribution in [2.24, 2.45) is 5.92 Å². The standard InChI is InChI=1S/C15H23N3O3/c1-9-7-10(9)11-8-12(18-17-11)16-13(19)5-6-14(20)21-15(2,3)4/h8-10H,5-7H2,1-4H3,(H2,16,17,18,19)/t9-,10-/m0/s1. The molecule has 0 aromatic carbocycles. The first-order chi connectivity index (χ1) is 9.74. The van der Waals surface area contributed by atoms with Crippen LogP contribution in [-0.2, 0) is 14.3 Å². The first-order valence-corrected chi connectivity index (χ1v) is 7.31. The predicted octanol–water partition coefficient (Wildman–Crippen LogP) is 2.59. The summed E-state index contributed by atoms with van der Waals surface area (Å²) >= 11 is 0. The minimum absolute atomic E-state index is 0.0695. The van der Waals surface area contributed by atoms with E-state index in [1.807, 2.05) is 6.07 Å². The molecule has 2 N–H and O–H groups in total. The van der Waals surface area contributed by atoms with Crippen molar-refractivity contribution in [2.45, 2.75) is 58.5 Å². The molecule has 0 spiro atoms. The highest BCUT2D eigenvalue weighted by Crippen LogP contribution is 2.46. The van der Waals surface area contributed by atoms with Gasteiger partial charge in [-0.05, 0) is 33.1 Å². The van der Waals surface area contributed by atoms with Gasteiger partial charge in [-0.25, -0.2) is 0 Å². The molecule has 1 fully saturated rings. The van der Waals surface area contributed by atoms with Gasteiger partial charge in [0.1, 0.15) is 5.60 Å². The van der Waals surface area contributed by atoms with Crippen LogP contribution in [-0.4, -0.2) is 27.7 Å². The van der Waals surface area contributed by atoms with Gasteiger partial charge < -0.3 is 10.1 Å². The third kappa shape index (κ3) is 4.88. The lowest BCUT2D eigenvalue weighted by atomic mass is 10.2. The van der Waals surface area contributed by atoms with Gasteiger partial charge in [-0.15, -0.1) is 0 Å². The molecule has 21 heavy (non-hydrogen) atoms. The number of carbonyl (C=O) groups is 2. The molecule has 0 unspecified atom stereocenters. The van der Waals surface area contributed by atoms with Gasteiger partial charge in [-0.1, -0.05) is 6.92 Å². The first-order valence-electron chi connectivity index (χ1n) is 7.31. The summed E-state index contributed by atoms with van der Waals surface area (Å²) in [5, 5.41) is 9.70. The van der Waals surface area contributed by atoms with Crippen LogP contribution in [0.25, 0.3) is 0 Å². The van der Waals surface area contributed by atoms with E-state index in [9.17, 15) is 9.59 Å². The van der Waals surface area contributed by atoms with E-state index in [1.165, 1.54) is 0 Å². The minimum Gasteiger partial charge on any atom is -0.460 e. The Morgan fingerprint density at radius 1 is 1.43 bits per heavy atom. The lowest BCUT2D eigenvalue weighted by molar-refractivity contribution is -0.155. The molecule has 6 nitrogen and oxygen atoms in total. The molecule has 2 rings (SSSR count). The van der Waals surface area contributed by atoms with E-state index in [1.54, 1.807) is 20.8 Å². The maximum Gasteiger partial charge on any atom is 0.306 e. The van der Waals surface area contributed by atoms with Crippen molar-refractivity contribution in [1.82, 2.24) is 10.2 Å². The van der Waals surface area contributed by atoms with Gasteiger partial charge >= 0.3 is 5.97 Å². The number of nitrogens with zero attached hydrogens (tertiary/aromatic N) is 1. The summed E-state index contributed by atoms with van der Waals surface area (Å²) < 4.78 is 5.15. The molecule has 2 atom stereocenters. The van der Waals surface area contributed by atoms with Gasteiger partial charge in [0.2, 0.25) is 5.91 Å². The zero-order chi connectivity index (χ0) is 15.6. The van der Waals surface area contributed by atoms with Gasteiger partial charge in [0.25, 0.3) is 0 Å². The Balaban J connectivity index is 1.74. The predicted molar refractivity (Wildman–Crippen MR) is 78.8 cm³/mol. The highest BCUT2D eigenvalue weighted by Gasteiger charge is 2.35. The zero-order valence-corrected chi connectivity index (χ0v) is 13.0. The molecule has 0 bridgehead atoms. The van der Waals surface area contributed by atoms with Crippen LogP contribution in [0.5, 0.6) is 0 Å². The summed E-state index contributed by atoms with van der Waals surface area (Å²) in [4.78, 5) is 23.3. The summed E-state index contributed by atoms with van der Waals surface area (Å²) in [7, 11) is 0. The molecule has 1 aliphatic rings. The minimum atomic E-state index is -0.522. The summed E-state index contributed by atoms with van der Waals surface area (Å²) in [6.45, 7) is 7.59. The number of carbonyl (C=O) groups excluding carboxylic acids is 2. The van der Waals surface area contributed by atoms with Crippen molar-refractivity contribution in [3.63, 3.8) is 0 Å². The van der Waals surface area contributed by atoms with Crippen LogP contribution < -0.4 is 5.32 Å². The number of rotatable bonds is 5. The molecular formula is C15H23N3O3. The SMILES string of the molecule is C[C@H]1C[C@@H]1c1cc(NC(=O)CCC(=O)OC(C)(C)C)n[nH]1. The fourth-order valence-corrected chi connectivity index (χ4v) is 2.16. The molecule has 1 saturated carbocycles. The third-order valence-electron chi connectivity index (χ3n) is 3.35. The fraction of sp³-hybridized carbons (Fsp3) is 0.667. The lowest BCUT2D eigenvalue weighted by Gasteiger charge is -2.19. The van der Waals surface area contributed by atoms with E-state index in [2.05, 4.69) is 22.4 Å². The largest absolute Gasteiger partial charge is 0.460 e. The van der Waals surface area contributed by atoms with Gasteiger partial charge in [-0.3, -0.25) is 14.7 Å². The van der Waals surface area contributed by atoms with E-state index in [-0.39, 0.29) is 24.7 Å². The molecule has 116 valence electrons. The second kappa shape index (κ2) is 5.87. The number of ether oxygens (including phenoxy) is 1. The lowest BCUT2D eigenvalue weighted by Crippen LogP contribution is -2.24. The number of hydrogen-bond donors (Lipinski definition) is 2. The van der Waals surface area contributed by atoms with Crippen molar-refractivity contribution >= 4 is 17.7 Å². The quantitative estimate of drug-likeness (QED) is 0.817. The Labute approximate surface area is 124 Å². The fourth-order valence-electron chi connectivity index (χ4n) is 2.16. The molecule has 6 heteroatoms. The van der Waals surface area contributed by atoms with Crippen molar-refractivity contribution in [2.75, 3.05) is 5.32 Å². The zero-order valence-electron chi connectivity index (χ0n) is 13.0. The Kier molecular flexibility index (Phi) is 4.34. The molecule has 1 heterocycles. The van der Waals surface area contributed by atoms with Crippen LogP contribution in [0.1, 0.15) is 58.6 Å². The molecule has 1 aromatic heterocycles. The number of nitrogens with one attached hydrogen (secondary N) is 2. The van der Waals surface area contributed by atoms with Crippen molar-refractivity contribution in [1.29, 1.82) is 0 Å². The number of hydrogen-bond acceptors (Lipinski definition) is 4. The molecule has 0 radical (unpaired) electrons. The van der Waals surface area contributed by atoms with Crippen LogP contribution in [0.15, 0.2) is 6.07 Å². The van der Waals surface area contributed by atoms with E-state index < -0.39 is 5.60 Å². The van der Waals surface area contributed by atoms with Gasteiger partial charge in [0.15, 0.2) is 5.82 Å². The Bertz CT molecular complexity index is 531. The highest BCUT2D eigenvalue weighted by molar-refractivity contribution is 5.91. The molecule has 1 amide bonds. The van der Waals surface area contributed by atoms with Crippen LogP contribution in [0.2, 0.25) is 0 Å². The van der Waals surface area contributed by atoms with Crippen LogP contribution >= 0.6 is 0 Å². The number of esters is 1. The van der Waals surface area contributed by atoms with Crippen molar-refractivity contribution < 1.29 is 14.3 Å². The molecule has 0 saturated heterocycles. The van der Waals surface area contributed by atoms with Gasteiger partial charge in [-0.2, -0.15) is 5.10 Å². The van der Waals surface area contributed by atoms with Crippen molar-refractivity contribution in [3.05, 3.63) is 11.8 Å². The third-order valence-corrected chi connectivity index (χ3v) is 3.35. The van der Waals surface area contributed by atoms with E-state index in [0.717, 1.165) is 12.1 Å². The maximum absolute atomic E-state index is 11.8. The van der Waals surface area contributed by atoms with Crippen LogP contribution in [0, 0.1) is 5.92 Å². The smallest absolute Gasteiger partial charge is 0.306 e. The molecular weight excluding hydrogens is 270 g/mol. The summed E-state index contributed by atoms with van der Waals surface area (Å²) in [6, 6.07) is 1.86. The summed E-state index contributed by atoms with van der Waals surface area (Å²) in [6.07, 6.45) is 1.32. The summed E-state index contributed by atoms with van der Waals surface area (Å²) in [5.74, 6) is 1.12. The highest BCUT2D eigenvalue weighted by atomic mass is 16.6. The number of H-pyrrole nitrogens is 1. The second-order valence-electron chi connectivity index (χ2n) is 6.66. The molecule has 0 aliphatic heterocycles. The first kappa shape index (κ1) is 15.5. The number of amides is 1. The number of anilines is 1. The van der Waals surface area contributed by atoms with Gasteiger partial charge in [0, 0.05) is 24.1 Å².